The highest BCUT2D eigenvalue weighted by Crippen LogP contribution is 2.20. The van der Waals surface area contributed by atoms with Crippen LogP contribution >= 0.6 is 0 Å². The van der Waals surface area contributed by atoms with Gasteiger partial charge in [0, 0.05) is 39.1 Å². The van der Waals surface area contributed by atoms with E-state index in [0.29, 0.717) is 12.8 Å². The summed E-state index contributed by atoms with van der Waals surface area (Å²) in [6.07, 6.45) is 48.9. The Balaban J connectivity index is 4.90. The van der Waals surface area contributed by atoms with Crippen LogP contribution in [0.25, 0.3) is 0 Å². The second-order valence-electron chi connectivity index (χ2n) is 20.9. The van der Waals surface area contributed by atoms with Gasteiger partial charge in [0.25, 0.3) is 0 Å². The maximum Gasteiger partial charge on any atom is 0.306 e. The van der Waals surface area contributed by atoms with Crippen molar-refractivity contribution in [3.8, 4) is 0 Å². The molecule has 0 saturated heterocycles. The number of ether oxygens (including phenoxy) is 4. The third kappa shape index (κ3) is 50.1. The van der Waals surface area contributed by atoms with Crippen molar-refractivity contribution < 1.29 is 28.5 Å². The van der Waals surface area contributed by atoms with E-state index in [1.807, 2.05) is 0 Å². The molecular weight excluding hydrogens is 857 g/mol. The van der Waals surface area contributed by atoms with Crippen molar-refractivity contribution in [3.05, 3.63) is 0 Å². The van der Waals surface area contributed by atoms with Gasteiger partial charge in [-0.15, -0.1) is 0 Å². The second kappa shape index (κ2) is 56.1. The fourth-order valence-corrected chi connectivity index (χ4v) is 9.76. The molecule has 0 aromatic heterocycles. The van der Waals surface area contributed by atoms with Gasteiger partial charge in [-0.05, 0) is 123 Å². The van der Waals surface area contributed by atoms with Crippen molar-refractivity contribution >= 4 is 11.9 Å². The lowest BCUT2D eigenvalue weighted by Gasteiger charge is -2.26. The number of esters is 2. The predicted octanol–water partition coefficient (Wildman–Crippen LogP) is 17.6. The second-order valence-corrected chi connectivity index (χ2v) is 20.9. The summed E-state index contributed by atoms with van der Waals surface area (Å²) in [5.74, 6) is 0.0664. The summed E-state index contributed by atoms with van der Waals surface area (Å²) in [4.78, 5) is 31.2. The first kappa shape index (κ1) is 67.8. The molecule has 0 heterocycles. The summed E-state index contributed by atoms with van der Waals surface area (Å²) in [5.41, 5.74) is 0. The molecule has 69 heavy (non-hydrogen) atoms. The molecular formula is C61H122N2O6. The van der Waals surface area contributed by atoms with Gasteiger partial charge in [0.2, 0.25) is 0 Å². The van der Waals surface area contributed by atoms with E-state index in [0.717, 1.165) is 123 Å². The Morgan fingerprint density at radius 3 is 0.884 bits per heavy atom. The van der Waals surface area contributed by atoms with Crippen LogP contribution in [0.15, 0.2) is 0 Å². The molecule has 0 radical (unpaired) electrons. The van der Waals surface area contributed by atoms with E-state index < -0.39 is 0 Å². The van der Waals surface area contributed by atoms with Gasteiger partial charge in [0.15, 0.2) is 0 Å². The number of hydrogen-bond acceptors (Lipinski definition) is 8. The Bertz CT molecular complexity index is 924. The highest BCUT2D eigenvalue weighted by atomic mass is 16.5. The molecule has 0 N–H and O–H groups in total. The van der Waals surface area contributed by atoms with E-state index in [-0.39, 0.29) is 24.1 Å². The minimum Gasteiger partial charge on any atom is -0.462 e. The summed E-state index contributed by atoms with van der Waals surface area (Å²) in [6, 6.07) is 0. The van der Waals surface area contributed by atoms with Gasteiger partial charge in [-0.1, -0.05) is 195 Å². The Morgan fingerprint density at radius 1 is 0.304 bits per heavy atom. The lowest BCUT2D eigenvalue weighted by molar-refractivity contribution is -0.151. The fraction of sp³-hybridized carbons (Fsp3) is 0.967. The smallest absolute Gasteiger partial charge is 0.306 e. The van der Waals surface area contributed by atoms with Crippen molar-refractivity contribution in [2.75, 3.05) is 65.7 Å². The van der Waals surface area contributed by atoms with Crippen LogP contribution in [0.3, 0.4) is 0 Å². The largest absolute Gasteiger partial charge is 0.462 e. The summed E-state index contributed by atoms with van der Waals surface area (Å²) >= 11 is 0. The minimum atomic E-state index is 0.0332. The molecule has 412 valence electrons. The highest BCUT2D eigenvalue weighted by molar-refractivity contribution is 5.69. The van der Waals surface area contributed by atoms with E-state index in [1.54, 1.807) is 0 Å². The van der Waals surface area contributed by atoms with Crippen molar-refractivity contribution in [1.82, 2.24) is 9.80 Å². The monoisotopic (exact) mass is 979 g/mol. The minimum absolute atomic E-state index is 0.0332. The van der Waals surface area contributed by atoms with Gasteiger partial charge in [-0.3, -0.25) is 14.5 Å². The maximum atomic E-state index is 13.0. The fourth-order valence-electron chi connectivity index (χ4n) is 9.76. The summed E-state index contributed by atoms with van der Waals surface area (Å²) in [6.45, 7) is 22.7. The maximum absolute atomic E-state index is 13.0. The van der Waals surface area contributed by atoms with Gasteiger partial charge in [0.05, 0.1) is 13.2 Å². The van der Waals surface area contributed by atoms with Gasteiger partial charge >= 0.3 is 11.9 Å². The Labute approximate surface area is 431 Å². The lowest BCUT2D eigenvalue weighted by atomic mass is 10.0. The molecule has 0 aliphatic rings. The molecule has 0 bridgehead atoms. The van der Waals surface area contributed by atoms with Crippen molar-refractivity contribution in [3.63, 3.8) is 0 Å². The quantitative estimate of drug-likeness (QED) is 0.0441. The third-order valence-corrected chi connectivity index (χ3v) is 14.3. The molecule has 0 rings (SSSR count). The molecule has 0 aromatic rings. The molecule has 0 aliphatic heterocycles. The highest BCUT2D eigenvalue weighted by Gasteiger charge is 2.16. The topological polar surface area (TPSA) is 77.5 Å². The number of hydrogen-bond donors (Lipinski definition) is 0. The van der Waals surface area contributed by atoms with E-state index in [9.17, 15) is 9.59 Å². The summed E-state index contributed by atoms with van der Waals surface area (Å²) in [5, 5.41) is 0. The SMILES string of the molecule is CCCCCCCCC(CCCCCCCC)OC(=O)CCCCCCCN(CCCCCCCC(=O)OC(CCCCCCCC)CCCCCCCC)CCCN(CCOCC)CCOCC. The lowest BCUT2D eigenvalue weighted by Crippen LogP contribution is -2.35. The normalized spacial score (nSPS) is 11.9. The van der Waals surface area contributed by atoms with E-state index >= 15 is 0 Å². The first-order valence-electron chi connectivity index (χ1n) is 30.9. The molecule has 0 unspecified atom stereocenters. The average Bonchev–Trinajstić information content (AvgIpc) is 3.34. The van der Waals surface area contributed by atoms with Gasteiger partial charge < -0.3 is 23.8 Å². The average molecular weight is 980 g/mol. The first-order chi connectivity index (χ1) is 33.9. The van der Waals surface area contributed by atoms with Gasteiger partial charge in [-0.25, -0.2) is 0 Å². The number of carbonyl (C=O) groups is 2. The number of nitrogens with zero attached hydrogens (tertiary/aromatic N) is 2. The molecule has 0 aromatic carbocycles. The first-order valence-corrected chi connectivity index (χ1v) is 30.9. The van der Waals surface area contributed by atoms with E-state index in [2.05, 4.69) is 51.3 Å². The van der Waals surface area contributed by atoms with E-state index in [1.165, 1.54) is 193 Å². The summed E-state index contributed by atoms with van der Waals surface area (Å²) < 4.78 is 23.7. The van der Waals surface area contributed by atoms with Crippen LogP contribution in [0.4, 0.5) is 0 Å². The van der Waals surface area contributed by atoms with Gasteiger partial charge in [-0.2, -0.15) is 0 Å². The molecule has 8 nitrogen and oxygen atoms in total. The molecule has 0 fully saturated rings. The van der Waals surface area contributed by atoms with Gasteiger partial charge in [0.1, 0.15) is 12.2 Å². The molecule has 0 atom stereocenters. The predicted molar refractivity (Wildman–Crippen MR) is 298 cm³/mol. The third-order valence-electron chi connectivity index (χ3n) is 14.3. The number of rotatable bonds is 58. The van der Waals surface area contributed by atoms with Crippen LogP contribution in [-0.4, -0.2) is 99.6 Å². The molecule has 0 saturated carbocycles. The Kier molecular flexibility index (Phi) is 55.1. The molecule has 0 amide bonds. The van der Waals surface area contributed by atoms with Crippen molar-refractivity contribution in [2.45, 2.75) is 317 Å². The van der Waals surface area contributed by atoms with Crippen molar-refractivity contribution in [2.24, 2.45) is 0 Å². The van der Waals surface area contributed by atoms with Crippen LogP contribution < -0.4 is 0 Å². The number of unbranched alkanes of at least 4 members (excludes halogenated alkanes) is 28. The van der Waals surface area contributed by atoms with Crippen LogP contribution in [0.1, 0.15) is 305 Å². The zero-order valence-electron chi connectivity index (χ0n) is 47.6. The standard InChI is InChI=1S/C61H122N2O6/c1-7-13-17-21-27-35-44-58(45-36-28-22-18-14-8-2)68-60(64)48-39-31-25-33-41-50-62(52-43-53-63(54-56-66-11-5)55-57-67-12-6)51-42-34-26-32-40-49-61(65)69-59(46-37-29-23-19-15-9-3)47-38-30-24-20-16-10-4/h58-59H,7-57H2,1-6H3. The summed E-state index contributed by atoms with van der Waals surface area (Å²) in [7, 11) is 0. The molecule has 8 heteroatoms. The van der Waals surface area contributed by atoms with Crippen molar-refractivity contribution in [1.29, 1.82) is 0 Å². The Morgan fingerprint density at radius 2 is 0.565 bits per heavy atom. The Hall–Kier alpha value is -1.22. The number of carbonyl (C=O) groups excluding carboxylic acids is 2. The zero-order chi connectivity index (χ0) is 50.4. The van der Waals surface area contributed by atoms with E-state index in [4.69, 9.17) is 18.9 Å². The molecule has 0 aliphatic carbocycles. The van der Waals surface area contributed by atoms with Crippen LogP contribution in [0, 0.1) is 0 Å². The van der Waals surface area contributed by atoms with Crippen LogP contribution in [0.5, 0.6) is 0 Å². The zero-order valence-corrected chi connectivity index (χ0v) is 47.6. The molecule has 0 spiro atoms. The van der Waals surface area contributed by atoms with Crippen LogP contribution in [0.2, 0.25) is 0 Å². The van der Waals surface area contributed by atoms with Crippen LogP contribution in [-0.2, 0) is 28.5 Å².